The molecule has 0 saturated heterocycles. The predicted octanol–water partition coefficient (Wildman–Crippen LogP) is 3.36. The highest BCUT2D eigenvalue weighted by molar-refractivity contribution is 7.17. The van der Waals surface area contributed by atoms with Crippen LogP contribution in [0.1, 0.15) is 22.0 Å². The molecule has 0 aliphatic carbocycles. The van der Waals surface area contributed by atoms with Gasteiger partial charge in [0.15, 0.2) is 0 Å². The summed E-state index contributed by atoms with van der Waals surface area (Å²) in [6.45, 7) is 2.08. The summed E-state index contributed by atoms with van der Waals surface area (Å²) in [6, 6.07) is 9.56. The Morgan fingerprint density at radius 2 is 1.97 bits per heavy atom. The van der Waals surface area contributed by atoms with Crippen molar-refractivity contribution in [2.45, 2.75) is 13.5 Å². The maximum Gasteiger partial charge on any atom is 0.290 e. The fourth-order valence-electron chi connectivity index (χ4n) is 2.85. The van der Waals surface area contributed by atoms with Crippen molar-refractivity contribution < 1.29 is 14.7 Å². The van der Waals surface area contributed by atoms with Crippen LogP contribution < -0.4 is 0 Å². The molecular formula is C20H19N5O3S. The molecule has 0 atom stereocenters. The number of aromatic amines is 1. The molecule has 0 radical (unpaired) electrons. The van der Waals surface area contributed by atoms with Gasteiger partial charge in [0.05, 0.1) is 22.5 Å². The van der Waals surface area contributed by atoms with Crippen LogP contribution in [-0.4, -0.2) is 49.4 Å². The van der Waals surface area contributed by atoms with E-state index in [2.05, 4.69) is 19.9 Å². The lowest BCUT2D eigenvalue weighted by molar-refractivity contribution is -0.122. The van der Waals surface area contributed by atoms with Gasteiger partial charge in [-0.25, -0.2) is 15.0 Å². The van der Waals surface area contributed by atoms with Gasteiger partial charge in [-0.2, -0.15) is 0 Å². The van der Waals surface area contributed by atoms with Gasteiger partial charge in [-0.1, -0.05) is 12.1 Å². The summed E-state index contributed by atoms with van der Waals surface area (Å²) in [5.74, 6) is 1.45. The van der Waals surface area contributed by atoms with Crippen LogP contribution in [0.4, 0.5) is 0 Å². The summed E-state index contributed by atoms with van der Waals surface area (Å²) in [4.78, 5) is 38.8. The minimum Gasteiger partial charge on any atom is -0.483 e. The molecule has 1 amide bonds. The van der Waals surface area contributed by atoms with E-state index in [-0.39, 0.29) is 12.4 Å². The van der Waals surface area contributed by atoms with E-state index in [1.165, 1.54) is 0 Å². The van der Waals surface area contributed by atoms with Crippen molar-refractivity contribution >= 4 is 33.9 Å². The third kappa shape index (κ3) is 4.64. The van der Waals surface area contributed by atoms with Gasteiger partial charge >= 0.3 is 0 Å². The third-order valence-corrected chi connectivity index (χ3v) is 5.02. The lowest BCUT2D eigenvalue weighted by Crippen LogP contribution is -2.26. The molecular weight excluding hydrogens is 390 g/mol. The van der Waals surface area contributed by atoms with Crippen LogP contribution in [0, 0.1) is 6.92 Å². The first-order valence-corrected chi connectivity index (χ1v) is 9.55. The average molecular weight is 409 g/mol. The molecule has 148 valence electrons. The van der Waals surface area contributed by atoms with Gasteiger partial charge in [-0.3, -0.25) is 9.59 Å². The summed E-state index contributed by atoms with van der Waals surface area (Å²) in [5.41, 5.74) is 3.48. The Hall–Kier alpha value is -3.59. The molecule has 0 aliphatic heterocycles. The number of carbonyl (C=O) groups excluding carboxylic acids is 1. The number of carbonyl (C=O) groups is 2. The maximum atomic E-state index is 12.6. The van der Waals surface area contributed by atoms with E-state index in [0.717, 1.165) is 33.1 Å². The fraction of sp³-hybridized carbons (Fsp3) is 0.150. The van der Waals surface area contributed by atoms with Gasteiger partial charge < -0.3 is 15.0 Å². The second-order valence-corrected chi connectivity index (χ2v) is 7.05. The number of carboxylic acid groups (broad SMARTS) is 1. The molecule has 0 fully saturated rings. The summed E-state index contributed by atoms with van der Waals surface area (Å²) in [7, 11) is 1.77. The molecule has 4 rings (SSSR count). The first-order valence-electron chi connectivity index (χ1n) is 8.67. The maximum absolute atomic E-state index is 12.6. The number of imidazole rings is 1. The molecule has 0 bridgehead atoms. The highest BCUT2D eigenvalue weighted by Gasteiger charge is 2.14. The van der Waals surface area contributed by atoms with Crippen molar-refractivity contribution in [1.82, 2.24) is 24.8 Å². The highest BCUT2D eigenvalue weighted by atomic mass is 32.1. The van der Waals surface area contributed by atoms with E-state index in [1.807, 2.05) is 42.6 Å². The quantitative estimate of drug-likeness (QED) is 0.500. The number of rotatable bonds is 4. The zero-order valence-corrected chi connectivity index (χ0v) is 16.7. The first kappa shape index (κ1) is 20.2. The normalized spacial score (nSPS) is 10.3. The van der Waals surface area contributed by atoms with Crippen molar-refractivity contribution in [1.29, 1.82) is 0 Å². The van der Waals surface area contributed by atoms with Crippen LogP contribution in [0.25, 0.3) is 21.5 Å². The van der Waals surface area contributed by atoms with Crippen molar-refractivity contribution in [2.24, 2.45) is 0 Å². The molecule has 0 aliphatic rings. The van der Waals surface area contributed by atoms with Gasteiger partial charge in [0.1, 0.15) is 11.6 Å². The lowest BCUT2D eigenvalue weighted by Gasteiger charge is -2.16. The van der Waals surface area contributed by atoms with Crippen LogP contribution in [0.2, 0.25) is 0 Å². The van der Waals surface area contributed by atoms with E-state index in [1.54, 1.807) is 35.7 Å². The number of H-pyrrole nitrogens is 1. The molecule has 0 spiro atoms. The average Bonchev–Trinajstić information content (AvgIpc) is 3.39. The third-order valence-electron chi connectivity index (χ3n) is 4.11. The number of hydrogen-bond acceptors (Lipinski definition) is 6. The zero-order chi connectivity index (χ0) is 20.8. The second kappa shape index (κ2) is 9.07. The van der Waals surface area contributed by atoms with Gasteiger partial charge in [-0.15, -0.1) is 11.3 Å². The Bertz CT molecular complexity index is 1110. The Balaban J connectivity index is 0.000000755. The van der Waals surface area contributed by atoms with E-state index in [4.69, 9.17) is 9.90 Å². The Kier molecular flexibility index (Phi) is 6.30. The SMILES string of the molecule is Cc1nc(-c2ccc(C(=O)N(C)Cc3ncc[nH]3)cc2)c2sccc2n1.O=CO. The van der Waals surface area contributed by atoms with Crippen LogP contribution in [0.3, 0.4) is 0 Å². The number of hydrogen-bond donors (Lipinski definition) is 2. The molecule has 8 nitrogen and oxygen atoms in total. The van der Waals surface area contributed by atoms with Crippen LogP contribution in [0.5, 0.6) is 0 Å². The molecule has 1 aromatic carbocycles. The van der Waals surface area contributed by atoms with Crippen LogP contribution in [-0.2, 0) is 11.3 Å². The monoisotopic (exact) mass is 409 g/mol. The number of amides is 1. The molecule has 9 heteroatoms. The van der Waals surface area contributed by atoms with Crippen molar-refractivity contribution in [3.63, 3.8) is 0 Å². The number of aromatic nitrogens is 4. The van der Waals surface area contributed by atoms with Gasteiger partial charge in [0, 0.05) is 30.6 Å². The van der Waals surface area contributed by atoms with Gasteiger partial charge in [0.25, 0.3) is 12.4 Å². The fourth-order valence-corrected chi connectivity index (χ4v) is 3.69. The van der Waals surface area contributed by atoms with Crippen molar-refractivity contribution in [3.8, 4) is 11.3 Å². The first-order chi connectivity index (χ1) is 14.0. The minimum atomic E-state index is -0.250. The molecule has 4 aromatic rings. The number of fused-ring (bicyclic) bond motifs is 1. The van der Waals surface area contributed by atoms with Crippen molar-refractivity contribution in [3.05, 3.63) is 65.3 Å². The smallest absolute Gasteiger partial charge is 0.290 e. The largest absolute Gasteiger partial charge is 0.483 e. The highest BCUT2D eigenvalue weighted by Crippen LogP contribution is 2.30. The van der Waals surface area contributed by atoms with E-state index in [0.29, 0.717) is 12.1 Å². The predicted molar refractivity (Wildman–Crippen MR) is 111 cm³/mol. The molecule has 0 unspecified atom stereocenters. The van der Waals surface area contributed by atoms with Gasteiger partial charge in [-0.05, 0) is 30.5 Å². The van der Waals surface area contributed by atoms with E-state index >= 15 is 0 Å². The molecule has 3 heterocycles. The topological polar surface area (TPSA) is 112 Å². The summed E-state index contributed by atoms with van der Waals surface area (Å²) in [6.07, 6.45) is 3.43. The van der Waals surface area contributed by atoms with E-state index < -0.39 is 0 Å². The number of nitrogens with zero attached hydrogens (tertiary/aromatic N) is 4. The summed E-state index contributed by atoms with van der Waals surface area (Å²) >= 11 is 1.62. The molecule has 0 saturated carbocycles. The number of aryl methyl sites for hydroxylation is 1. The molecule has 2 N–H and O–H groups in total. The van der Waals surface area contributed by atoms with Gasteiger partial charge in [0.2, 0.25) is 0 Å². The second-order valence-electron chi connectivity index (χ2n) is 6.13. The summed E-state index contributed by atoms with van der Waals surface area (Å²) < 4.78 is 1.06. The molecule has 3 aromatic heterocycles. The Morgan fingerprint density at radius 1 is 1.24 bits per heavy atom. The lowest BCUT2D eigenvalue weighted by atomic mass is 10.1. The standard InChI is InChI=1S/C19H17N5OS.CH2O2/c1-12-22-15-7-10-26-18(15)17(23-12)13-3-5-14(6-4-13)19(25)24(2)11-16-20-8-9-21-16;2-1-3/h3-10H,11H2,1-2H3,(H,20,21);1H,(H,2,3). The van der Waals surface area contributed by atoms with Crippen LogP contribution >= 0.6 is 11.3 Å². The Labute approximate surface area is 170 Å². The van der Waals surface area contributed by atoms with Crippen LogP contribution in [0.15, 0.2) is 48.1 Å². The number of nitrogens with one attached hydrogen (secondary N) is 1. The van der Waals surface area contributed by atoms with E-state index in [9.17, 15) is 4.79 Å². The summed E-state index contributed by atoms with van der Waals surface area (Å²) in [5, 5.41) is 8.91. The molecule has 29 heavy (non-hydrogen) atoms. The number of thiophene rings is 1. The van der Waals surface area contributed by atoms with Crippen molar-refractivity contribution in [2.75, 3.05) is 7.05 Å². The minimum absolute atomic E-state index is 0.0481. The zero-order valence-electron chi connectivity index (χ0n) is 15.9. The number of benzene rings is 1. The Morgan fingerprint density at radius 3 is 2.62 bits per heavy atom.